The molecule has 0 aliphatic carbocycles. The predicted molar refractivity (Wildman–Crippen MR) is 69.6 cm³/mol. The zero-order valence-corrected chi connectivity index (χ0v) is 10.4. The number of carbonyl (C=O) groups is 1. The molecule has 0 N–H and O–H groups in total. The summed E-state index contributed by atoms with van der Waals surface area (Å²) in [6, 6.07) is 7.74. The number of hydrogen-bond donors (Lipinski definition) is 0. The Balaban J connectivity index is 2.52. The Morgan fingerprint density at radius 2 is 1.88 bits per heavy atom. The van der Waals surface area contributed by atoms with E-state index in [1.54, 1.807) is 6.92 Å². The summed E-state index contributed by atoms with van der Waals surface area (Å²) in [7, 11) is 0. The maximum atomic E-state index is 11.1. The summed E-state index contributed by atoms with van der Waals surface area (Å²) in [5, 5.41) is 0. The minimum atomic E-state index is 0.121. The van der Waals surface area contributed by atoms with Gasteiger partial charge in [-0.2, -0.15) is 0 Å². The Hall–Kier alpha value is -1.37. The Kier molecular flexibility index (Phi) is 4.97. The molecule has 0 heterocycles. The largest absolute Gasteiger partial charge is 0.295 e. The van der Waals surface area contributed by atoms with Crippen LogP contribution in [-0.4, -0.2) is 5.78 Å². The van der Waals surface area contributed by atoms with Gasteiger partial charge in [0.05, 0.1) is 0 Å². The Morgan fingerprint density at radius 3 is 2.38 bits per heavy atom. The zero-order valence-electron chi connectivity index (χ0n) is 10.4. The van der Waals surface area contributed by atoms with Crippen LogP contribution in [0.15, 0.2) is 30.3 Å². The van der Waals surface area contributed by atoms with E-state index < -0.39 is 0 Å². The molecule has 0 fully saturated rings. The van der Waals surface area contributed by atoms with E-state index in [4.69, 9.17) is 0 Å². The van der Waals surface area contributed by atoms with Crippen molar-refractivity contribution in [2.75, 3.05) is 0 Å². The van der Waals surface area contributed by atoms with Crippen LogP contribution in [0.2, 0.25) is 0 Å². The lowest BCUT2D eigenvalue weighted by molar-refractivity contribution is 0.101. The van der Waals surface area contributed by atoms with Crippen LogP contribution in [0.25, 0.3) is 6.08 Å². The molecule has 0 aromatic heterocycles. The van der Waals surface area contributed by atoms with Crippen molar-refractivity contribution in [1.82, 2.24) is 0 Å². The summed E-state index contributed by atoms with van der Waals surface area (Å²) in [5.74, 6) is 0.875. The summed E-state index contributed by atoms with van der Waals surface area (Å²) in [6.45, 7) is 6.05. The molecule has 86 valence electrons. The SMILES string of the molecule is CC(=O)c1ccc(/C=C/CCC(C)C)cc1. The smallest absolute Gasteiger partial charge is 0.159 e. The number of benzene rings is 1. The van der Waals surface area contributed by atoms with Gasteiger partial charge < -0.3 is 0 Å². The van der Waals surface area contributed by atoms with Gasteiger partial charge in [-0.15, -0.1) is 0 Å². The maximum Gasteiger partial charge on any atom is 0.159 e. The van der Waals surface area contributed by atoms with Gasteiger partial charge in [-0.1, -0.05) is 50.3 Å². The number of hydrogen-bond acceptors (Lipinski definition) is 1. The number of Topliss-reactive ketones (excluding diaryl/α,β-unsaturated/α-hetero) is 1. The van der Waals surface area contributed by atoms with Crippen molar-refractivity contribution in [2.24, 2.45) is 5.92 Å². The third kappa shape index (κ3) is 4.43. The molecule has 1 aromatic rings. The first kappa shape index (κ1) is 12.7. The highest BCUT2D eigenvalue weighted by atomic mass is 16.1. The number of allylic oxidation sites excluding steroid dienone is 1. The van der Waals surface area contributed by atoms with Crippen LogP contribution in [-0.2, 0) is 0 Å². The van der Waals surface area contributed by atoms with E-state index in [1.165, 1.54) is 6.42 Å². The minimum absolute atomic E-state index is 0.121. The summed E-state index contributed by atoms with van der Waals surface area (Å²) in [4.78, 5) is 11.1. The third-order valence-electron chi connectivity index (χ3n) is 2.54. The molecule has 0 aliphatic heterocycles. The van der Waals surface area contributed by atoms with Crippen LogP contribution in [0.3, 0.4) is 0 Å². The van der Waals surface area contributed by atoms with Gasteiger partial charge in [-0.05, 0) is 31.2 Å². The molecule has 0 spiro atoms. The molecule has 0 atom stereocenters. The summed E-state index contributed by atoms with van der Waals surface area (Å²) in [5.41, 5.74) is 1.94. The fourth-order valence-corrected chi connectivity index (χ4v) is 1.48. The molecule has 16 heavy (non-hydrogen) atoms. The average molecular weight is 216 g/mol. The Labute approximate surface area is 98.2 Å². The highest BCUT2D eigenvalue weighted by molar-refractivity contribution is 5.94. The van der Waals surface area contributed by atoms with E-state index >= 15 is 0 Å². The predicted octanol–water partition coefficient (Wildman–Crippen LogP) is 4.34. The average Bonchev–Trinajstić information content (AvgIpc) is 2.25. The molecule has 0 bridgehead atoms. The van der Waals surface area contributed by atoms with Crippen molar-refractivity contribution in [3.05, 3.63) is 41.5 Å². The van der Waals surface area contributed by atoms with Crippen LogP contribution in [0.1, 0.15) is 49.5 Å². The highest BCUT2D eigenvalue weighted by Gasteiger charge is 1.96. The van der Waals surface area contributed by atoms with Gasteiger partial charge in [0.1, 0.15) is 0 Å². The summed E-state index contributed by atoms with van der Waals surface area (Å²) >= 11 is 0. The van der Waals surface area contributed by atoms with Crippen molar-refractivity contribution in [1.29, 1.82) is 0 Å². The molecule has 1 nitrogen and oxygen atoms in total. The fourth-order valence-electron chi connectivity index (χ4n) is 1.48. The van der Waals surface area contributed by atoms with E-state index in [0.717, 1.165) is 23.5 Å². The highest BCUT2D eigenvalue weighted by Crippen LogP contribution is 2.09. The maximum absolute atomic E-state index is 11.1. The minimum Gasteiger partial charge on any atom is -0.295 e. The Bertz CT molecular complexity index is 358. The van der Waals surface area contributed by atoms with E-state index in [1.807, 2.05) is 24.3 Å². The Morgan fingerprint density at radius 1 is 1.25 bits per heavy atom. The number of ketones is 1. The van der Waals surface area contributed by atoms with Crippen molar-refractivity contribution in [3.63, 3.8) is 0 Å². The van der Waals surface area contributed by atoms with E-state index in [9.17, 15) is 4.79 Å². The topological polar surface area (TPSA) is 17.1 Å². The zero-order chi connectivity index (χ0) is 12.0. The quantitative estimate of drug-likeness (QED) is 0.669. The van der Waals surface area contributed by atoms with Gasteiger partial charge in [0.2, 0.25) is 0 Å². The molecule has 0 saturated heterocycles. The van der Waals surface area contributed by atoms with Gasteiger partial charge in [0, 0.05) is 5.56 Å². The molecule has 1 aromatic carbocycles. The lowest BCUT2D eigenvalue weighted by atomic mass is 10.1. The third-order valence-corrected chi connectivity index (χ3v) is 2.54. The van der Waals surface area contributed by atoms with Gasteiger partial charge >= 0.3 is 0 Å². The molecule has 0 aliphatic rings. The molecular weight excluding hydrogens is 196 g/mol. The van der Waals surface area contributed by atoms with Gasteiger partial charge in [-0.25, -0.2) is 0 Å². The van der Waals surface area contributed by atoms with Gasteiger partial charge in [0.15, 0.2) is 5.78 Å². The van der Waals surface area contributed by atoms with Crippen LogP contribution in [0.5, 0.6) is 0 Å². The van der Waals surface area contributed by atoms with Crippen molar-refractivity contribution < 1.29 is 4.79 Å². The number of carbonyl (C=O) groups excluding carboxylic acids is 1. The molecule has 0 radical (unpaired) electrons. The van der Waals surface area contributed by atoms with Crippen molar-refractivity contribution in [3.8, 4) is 0 Å². The number of rotatable bonds is 5. The molecule has 1 rings (SSSR count). The summed E-state index contributed by atoms with van der Waals surface area (Å²) in [6.07, 6.45) is 6.66. The van der Waals surface area contributed by atoms with Crippen LogP contribution >= 0.6 is 0 Å². The lowest BCUT2D eigenvalue weighted by Crippen LogP contribution is -1.90. The second-order valence-electron chi connectivity index (χ2n) is 4.55. The van der Waals surface area contributed by atoms with Crippen molar-refractivity contribution in [2.45, 2.75) is 33.6 Å². The monoisotopic (exact) mass is 216 g/mol. The first-order valence-corrected chi connectivity index (χ1v) is 5.87. The van der Waals surface area contributed by atoms with Crippen molar-refractivity contribution >= 4 is 11.9 Å². The lowest BCUT2D eigenvalue weighted by Gasteiger charge is -1.99. The van der Waals surface area contributed by atoms with E-state index in [2.05, 4.69) is 26.0 Å². The first-order chi connectivity index (χ1) is 7.59. The van der Waals surface area contributed by atoms with Gasteiger partial charge in [-0.3, -0.25) is 4.79 Å². The molecule has 1 heteroatoms. The van der Waals surface area contributed by atoms with Crippen LogP contribution in [0.4, 0.5) is 0 Å². The van der Waals surface area contributed by atoms with Crippen LogP contribution < -0.4 is 0 Å². The van der Waals surface area contributed by atoms with Crippen LogP contribution in [0, 0.1) is 5.92 Å². The molecule has 0 saturated carbocycles. The first-order valence-electron chi connectivity index (χ1n) is 5.87. The van der Waals surface area contributed by atoms with E-state index in [0.29, 0.717) is 0 Å². The summed E-state index contributed by atoms with van der Waals surface area (Å²) < 4.78 is 0. The standard InChI is InChI=1S/C15H20O/c1-12(2)6-4-5-7-14-8-10-15(11-9-14)13(3)16/h5,7-12H,4,6H2,1-3H3/b7-5+. The molecule has 0 unspecified atom stereocenters. The normalized spacial score (nSPS) is 11.2. The molecule has 0 amide bonds. The molecular formula is C15H20O. The van der Waals surface area contributed by atoms with Gasteiger partial charge in [0.25, 0.3) is 0 Å². The fraction of sp³-hybridized carbons (Fsp3) is 0.400. The second-order valence-corrected chi connectivity index (χ2v) is 4.55. The van der Waals surface area contributed by atoms with E-state index in [-0.39, 0.29) is 5.78 Å². The second kappa shape index (κ2) is 6.26.